The number of aromatic nitrogens is 1. The van der Waals surface area contributed by atoms with E-state index in [4.69, 9.17) is 4.74 Å². The summed E-state index contributed by atoms with van der Waals surface area (Å²) in [5.74, 6) is -0.661. The molecule has 21 heavy (non-hydrogen) atoms. The Morgan fingerprint density at radius 3 is 2.52 bits per heavy atom. The SMILES string of the molecule is COc1c(C(=O)O)n(-c2ccccc2)c2ccc(Br)cc12. The van der Waals surface area contributed by atoms with Gasteiger partial charge in [-0.2, -0.15) is 0 Å². The first-order valence-corrected chi connectivity index (χ1v) is 7.09. The zero-order chi connectivity index (χ0) is 15.0. The van der Waals surface area contributed by atoms with Crippen LogP contribution in [0.1, 0.15) is 10.5 Å². The predicted molar refractivity (Wildman–Crippen MR) is 84.5 cm³/mol. The van der Waals surface area contributed by atoms with Crippen molar-refractivity contribution in [3.05, 3.63) is 58.7 Å². The molecule has 0 aliphatic rings. The van der Waals surface area contributed by atoms with E-state index >= 15 is 0 Å². The lowest BCUT2D eigenvalue weighted by Crippen LogP contribution is -2.07. The van der Waals surface area contributed by atoms with Crippen molar-refractivity contribution in [2.24, 2.45) is 0 Å². The molecule has 0 saturated heterocycles. The number of carboxylic acid groups (broad SMARTS) is 1. The fraction of sp³-hybridized carbons (Fsp3) is 0.0625. The van der Waals surface area contributed by atoms with Gasteiger partial charge in [0.05, 0.1) is 12.6 Å². The number of nitrogens with zero attached hydrogens (tertiary/aromatic N) is 1. The normalized spacial score (nSPS) is 10.8. The first-order valence-electron chi connectivity index (χ1n) is 6.30. The van der Waals surface area contributed by atoms with Crippen LogP contribution in [-0.4, -0.2) is 22.8 Å². The summed E-state index contributed by atoms with van der Waals surface area (Å²) in [6.45, 7) is 0. The van der Waals surface area contributed by atoms with Crippen molar-refractivity contribution in [1.82, 2.24) is 4.57 Å². The molecule has 0 radical (unpaired) electrons. The standard InChI is InChI=1S/C16H12BrNO3/c1-21-15-12-9-10(17)7-8-13(12)18(14(15)16(19)20)11-5-3-2-4-6-11/h2-9H,1H3,(H,19,20). The number of methoxy groups -OCH3 is 1. The van der Waals surface area contributed by atoms with Crippen LogP contribution in [0.15, 0.2) is 53.0 Å². The van der Waals surface area contributed by atoms with Crippen LogP contribution in [0.5, 0.6) is 5.75 Å². The van der Waals surface area contributed by atoms with E-state index in [0.717, 1.165) is 21.1 Å². The van der Waals surface area contributed by atoms with E-state index < -0.39 is 5.97 Å². The average Bonchev–Trinajstić information content (AvgIpc) is 2.81. The molecule has 2 aromatic carbocycles. The molecule has 1 N–H and O–H groups in total. The highest BCUT2D eigenvalue weighted by Gasteiger charge is 2.24. The molecule has 0 fully saturated rings. The predicted octanol–water partition coefficient (Wildman–Crippen LogP) is 4.10. The van der Waals surface area contributed by atoms with Gasteiger partial charge in [0.2, 0.25) is 0 Å². The summed E-state index contributed by atoms with van der Waals surface area (Å²) < 4.78 is 7.92. The maximum Gasteiger partial charge on any atom is 0.356 e. The molecule has 3 aromatic rings. The van der Waals surface area contributed by atoms with Crippen molar-refractivity contribution in [3.63, 3.8) is 0 Å². The van der Waals surface area contributed by atoms with Gasteiger partial charge in [-0.05, 0) is 30.3 Å². The number of aromatic carboxylic acids is 1. The molecule has 0 aliphatic carbocycles. The van der Waals surface area contributed by atoms with E-state index in [2.05, 4.69) is 15.9 Å². The van der Waals surface area contributed by atoms with Gasteiger partial charge in [0.1, 0.15) is 0 Å². The van der Waals surface area contributed by atoms with Crippen LogP contribution < -0.4 is 4.74 Å². The number of para-hydroxylation sites is 1. The Hall–Kier alpha value is -2.27. The smallest absolute Gasteiger partial charge is 0.356 e. The summed E-state index contributed by atoms with van der Waals surface area (Å²) in [6, 6.07) is 15.0. The van der Waals surface area contributed by atoms with Crippen LogP contribution in [-0.2, 0) is 0 Å². The van der Waals surface area contributed by atoms with Crippen LogP contribution in [0.4, 0.5) is 0 Å². The molecule has 0 saturated carbocycles. The molecule has 1 heterocycles. The van der Waals surface area contributed by atoms with Gasteiger partial charge < -0.3 is 14.4 Å². The second kappa shape index (κ2) is 5.26. The number of hydrogen-bond donors (Lipinski definition) is 1. The van der Waals surface area contributed by atoms with Crippen molar-refractivity contribution < 1.29 is 14.6 Å². The van der Waals surface area contributed by atoms with Crippen LogP contribution in [0.3, 0.4) is 0 Å². The third-order valence-corrected chi connectivity index (χ3v) is 3.80. The van der Waals surface area contributed by atoms with E-state index in [-0.39, 0.29) is 5.69 Å². The molecule has 0 amide bonds. The Labute approximate surface area is 129 Å². The molecular formula is C16H12BrNO3. The summed E-state index contributed by atoms with van der Waals surface area (Å²) in [6.07, 6.45) is 0. The quantitative estimate of drug-likeness (QED) is 0.777. The van der Waals surface area contributed by atoms with Gasteiger partial charge in [0.25, 0.3) is 0 Å². The lowest BCUT2D eigenvalue weighted by atomic mass is 10.2. The third kappa shape index (κ3) is 2.19. The first kappa shape index (κ1) is 13.7. The Kier molecular flexibility index (Phi) is 3.43. The molecule has 4 nitrogen and oxygen atoms in total. The van der Waals surface area contributed by atoms with Crippen LogP contribution in [0.2, 0.25) is 0 Å². The van der Waals surface area contributed by atoms with Gasteiger partial charge >= 0.3 is 5.97 Å². The average molecular weight is 346 g/mol. The molecule has 106 valence electrons. The Morgan fingerprint density at radius 2 is 1.90 bits per heavy atom. The van der Waals surface area contributed by atoms with Gasteiger partial charge in [-0.3, -0.25) is 0 Å². The lowest BCUT2D eigenvalue weighted by molar-refractivity contribution is 0.0685. The lowest BCUT2D eigenvalue weighted by Gasteiger charge is -2.08. The number of benzene rings is 2. The molecule has 0 bridgehead atoms. The second-order valence-corrected chi connectivity index (χ2v) is 5.44. The zero-order valence-electron chi connectivity index (χ0n) is 11.2. The van der Waals surface area contributed by atoms with Gasteiger partial charge in [-0.15, -0.1) is 0 Å². The van der Waals surface area contributed by atoms with E-state index in [1.165, 1.54) is 7.11 Å². The molecular weight excluding hydrogens is 334 g/mol. The number of carboxylic acids is 1. The van der Waals surface area contributed by atoms with Gasteiger partial charge in [-0.1, -0.05) is 34.1 Å². The second-order valence-electron chi connectivity index (χ2n) is 4.52. The molecule has 3 rings (SSSR count). The number of halogens is 1. The van der Waals surface area contributed by atoms with Gasteiger partial charge in [-0.25, -0.2) is 4.79 Å². The maximum absolute atomic E-state index is 11.7. The van der Waals surface area contributed by atoms with Crippen molar-refractivity contribution in [2.75, 3.05) is 7.11 Å². The minimum absolute atomic E-state index is 0.122. The number of hydrogen-bond acceptors (Lipinski definition) is 2. The minimum Gasteiger partial charge on any atom is -0.494 e. The molecule has 0 atom stereocenters. The number of fused-ring (bicyclic) bond motifs is 1. The summed E-state index contributed by atoms with van der Waals surface area (Å²) >= 11 is 3.41. The summed E-state index contributed by atoms with van der Waals surface area (Å²) in [7, 11) is 1.48. The van der Waals surface area contributed by atoms with Gasteiger partial charge in [0, 0.05) is 15.5 Å². The highest BCUT2D eigenvalue weighted by molar-refractivity contribution is 9.10. The van der Waals surface area contributed by atoms with Crippen LogP contribution >= 0.6 is 15.9 Å². The highest BCUT2D eigenvalue weighted by atomic mass is 79.9. The van der Waals surface area contributed by atoms with E-state index in [1.807, 2.05) is 48.5 Å². The van der Waals surface area contributed by atoms with Crippen LogP contribution in [0.25, 0.3) is 16.6 Å². The van der Waals surface area contributed by atoms with Crippen molar-refractivity contribution in [1.29, 1.82) is 0 Å². The van der Waals surface area contributed by atoms with Crippen molar-refractivity contribution in [2.45, 2.75) is 0 Å². The topological polar surface area (TPSA) is 51.5 Å². The zero-order valence-corrected chi connectivity index (χ0v) is 12.8. The largest absolute Gasteiger partial charge is 0.494 e. The highest BCUT2D eigenvalue weighted by Crippen LogP contribution is 2.37. The van der Waals surface area contributed by atoms with Crippen molar-refractivity contribution >= 4 is 32.8 Å². The molecule has 1 aromatic heterocycles. The summed E-state index contributed by atoms with van der Waals surface area (Å²) in [5.41, 5.74) is 1.70. The van der Waals surface area contributed by atoms with E-state index in [0.29, 0.717) is 5.75 Å². The summed E-state index contributed by atoms with van der Waals surface area (Å²) in [5, 5.41) is 10.4. The first-order chi connectivity index (χ1) is 10.1. The molecule has 0 aliphatic heterocycles. The monoisotopic (exact) mass is 345 g/mol. The Morgan fingerprint density at radius 1 is 1.19 bits per heavy atom. The third-order valence-electron chi connectivity index (χ3n) is 3.30. The number of carbonyl (C=O) groups is 1. The molecule has 0 unspecified atom stereocenters. The van der Waals surface area contributed by atoms with E-state index in [9.17, 15) is 9.90 Å². The van der Waals surface area contributed by atoms with Crippen LogP contribution in [0, 0.1) is 0 Å². The Balaban J connectivity index is 2.47. The number of rotatable bonds is 3. The molecule has 0 spiro atoms. The minimum atomic E-state index is -1.02. The summed E-state index contributed by atoms with van der Waals surface area (Å²) in [4.78, 5) is 11.7. The number of ether oxygens (including phenoxy) is 1. The maximum atomic E-state index is 11.7. The van der Waals surface area contributed by atoms with E-state index in [1.54, 1.807) is 4.57 Å². The molecule has 5 heteroatoms. The fourth-order valence-corrected chi connectivity index (χ4v) is 2.84. The van der Waals surface area contributed by atoms with Crippen molar-refractivity contribution in [3.8, 4) is 11.4 Å². The Bertz CT molecular complexity index is 824. The van der Waals surface area contributed by atoms with Gasteiger partial charge in [0.15, 0.2) is 11.4 Å². The fourth-order valence-electron chi connectivity index (χ4n) is 2.48.